The summed E-state index contributed by atoms with van der Waals surface area (Å²) in [5, 5.41) is 0.574. The summed E-state index contributed by atoms with van der Waals surface area (Å²) in [6.45, 7) is 0. The maximum absolute atomic E-state index is 6.16. The average molecular weight is 251 g/mol. The van der Waals surface area contributed by atoms with Crippen LogP contribution in [0.3, 0.4) is 0 Å². The van der Waals surface area contributed by atoms with Gasteiger partial charge in [-0.1, -0.05) is 11.6 Å². The van der Waals surface area contributed by atoms with E-state index < -0.39 is 0 Å². The van der Waals surface area contributed by atoms with Gasteiger partial charge in [-0.05, 0) is 24.3 Å². The molecule has 1 heterocycles. The Bertz CT molecular complexity index is 532. The number of ether oxygens (including phenoxy) is 2. The molecule has 0 amide bonds. The molecule has 0 bridgehead atoms. The highest BCUT2D eigenvalue weighted by Gasteiger charge is 2.07. The highest BCUT2D eigenvalue weighted by Crippen LogP contribution is 2.30. The van der Waals surface area contributed by atoms with Gasteiger partial charge in [0.25, 0.3) is 0 Å². The maximum atomic E-state index is 6.16. The van der Waals surface area contributed by atoms with Gasteiger partial charge < -0.3 is 9.47 Å². The smallest absolute Gasteiger partial charge is 0.316 e. The van der Waals surface area contributed by atoms with Crippen LogP contribution in [0.15, 0.2) is 30.5 Å². The Hall–Kier alpha value is -1.81. The zero-order valence-electron chi connectivity index (χ0n) is 9.48. The number of rotatable bonds is 3. The lowest BCUT2D eigenvalue weighted by Crippen LogP contribution is -1.93. The third-order valence-electron chi connectivity index (χ3n) is 2.27. The molecule has 1 aromatic heterocycles. The van der Waals surface area contributed by atoms with E-state index in [1.54, 1.807) is 25.4 Å². The topological polar surface area (TPSA) is 44.2 Å². The lowest BCUT2D eigenvalue weighted by atomic mass is 10.1. The van der Waals surface area contributed by atoms with Gasteiger partial charge in [0.1, 0.15) is 5.75 Å². The minimum atomic E-state index is 0.314. The third kappa shape index (κ3) is 2.47. The zero-order chi connectivity index (χ0) is 12.3. The van der Waals surface area contributed by atoms with Crippen molar-refractivity contribution < 1.29 is 9.47 Å². The number of methoxy groups -OCH3 is 2. The Balaban J connectivity index is 2.45. The summed E-state index contributed by atoms with van der Waals surface area (Å²) >= 11 is 6.16. The minimum Gasteiger partial charge on any atom is -0.497 e. The second kappa shape index (κ2) is 5.01. The molecule has 2 rings (SSSR count). The van der Waals surface area contributed by atoms with E-state index in [2.05, 4.69) is 9.97 Å². The molecule has 0 N–H and O–H groups in total. The molecule has 0 fully saturated rings. The fourth-order valence-corrected chi connectivity index (χ4v) is 1.69. The van der Waals surface area contributed by atoms with Crippen LogP contribution in [0, 0.1) is 0 Å². The van der Waals surface area contributed by atoms with E-state index in [4.69, 9.17) is 21.1 Å². The minimum absolute atomic E-state index is 0.314. The average Bonchev–Trinajstić information content (AvgIpc) is 2.38. The van der Waals surface area contributed by atoms with Gasteiger partial charge in [-0.3, -0.25) is 0 Å². The molecular formula is C12H11ClN2O2. The van der Waals surface area contributed by atoms with Crippen molar-refractivity contribution in [3.63, 3.8) is 0 Å². The van der Waals surface area contributed by atoms with Crippen molar-refractivity contribution in [2.75, 3.05) is 14.2 Å². The first-order valence-electron chi connectivity index (χ1n) is 4.95. The predicted octanol–water partition coefficient (Wildman–Crippen LogP) is 2.81. The first kappa shape index (κ1) is 11.7. The van der Waals surface area contributed by atoms with E-state index in [9.17, 15) is 0 Å². The van der Waals surface area contributed by atoms with Crippen LogP contribution >= 0.6 is 11.6 Å². The first-order chi connectivity index (χ1) is 8.24. The van der Waals surface area contributed by atoms with Gasteiger partial charge >= 0.3 is 6.01 Å². The van der Waals surface area contributed by atoms with Crippen LogP contribution in [0.1, 0.15) is 0 Å². The summed E-state index contributed by atoms with van der Waals surface area (Å²) in [6, 6.07) is 7.51. The van der Waals surface area contributed by atoms with Gasteiger partial charge in [0, 0.05) is 11.8 Å². The summed E-state index contributed by atoms with van der Waals surface area (Å²) < 4.78 is 10.1. The van der Waals surface area contributed by atoms with Crippen molar-refractivity contribution in [2.45, 2.75) is 0 Å². The summed E-state index contributed by atoms with van der Waals surface area (Å²) in [7, 11) is 3.12. The van der Waals surface area contributed by atoms with Crippen LogP contribution in [-0.2, 0) is 0 Å². The van der Waals surface area contributed by atoms with Gasteiger partial charge in [-0.15, -0.1) is 0 Å². The van der Waals surface area contributed by atoms with Crippen molar-refractivity contribution in [1.82, 2.24) is 9.97 Å². The highest BCUT2D eigenvalue weighted by molar-refractivity contribution is 6.33. The van der Waals surface area contributed by atoms with Crippen LogP contribution in [0.5, 0.6) is 11.8 Å². The number of halogens is 1. The van der Waals surface area contributed by atoms with Gasteiger partial charge in [0.2, 0.25) is 0 Å². The van der Waals surface area contributed by atoms with E-state index >= 15 is 0 Å². The number of hydrogen-bond donors (Lipinski definition) is 0. The second-order valence-electron chi connectivity index (χ2n) is 3.27. The van der Waals surface area contributed by atoms with Crippen molar-refractivity contribution in [3.8, 4) is 23.0 Å². The Morgan fingerprint density at radius 3 is 2.59 bits per heavy atom. The van der Waals surface area contributed by atoms with E-state index in [0.717, 1.165) is 5.56 Å². The molecule has 0 saturated carbocycles. The Morgan fingerprint density at radius 1 is 1.12 bits per heavy atom. The molecule has 0 saturated heterocycles. The molecule has 2 aromatic rings. The lowest BCUT2D eigenvalue weighted by molar-refractivity contribution is 0.380. The van der Waals surface area contributed by atoms with Crippen molar-refractivity contribution >= 4 is 11.6 Å². The second-order valence-corrected chi connectivity index (χ2v) is 3.68. The van der Waals surface area contributed by atoms with Gasteiger partial charge in [-0.25, -0.2) is 4.98 Å². The molecule has 0 atom stereocenters. The molecule has 0 aliphatic carbocycles. The summed E-state index contributed by atoms with van der Waals surface area (Å²) in [6.07, 6.45) is 1.63. The number of benzene rings is 1. The van der Waals surface area contributed by atoms with Crippen molar-refractivity contribution in [1.29, 1.82) is 0 Å². The molecule has 1 aromatic carbocycles. The van der Waals surface area contributed by atoms with Gasteiger partial charge in [0.15, 0.2) is 0 Å². The molecule has 0 aliphatic heterocycles. The highest BCUT2D eigenvalue weighted by atomic mass is 35.5. The van der Waals surface area contributed by atoms with Gasteiger partial charge in [0.05, 0.1) is 24.9 Å². The Kier molecular flexibility index (Phi) is 3.44. The van der Waals surface area contributed by atoms with E-state index in [1.807, 2.05) is 12.1 Å². The van der Waals surface area contributed by atoms with Gasteiger partial charge in [-0.2, -0.15) is 4.98 Å². The molecule has 17 heavy (non-hydrogen) atoms. The summed E-state index contributed by atoms with van der Waals surface area (Å²) in [4.78, 5) is 8.16. The lowest BCUT2D eigenvalue weighted by Gasteiger charge is -2.06. The molecule has 0 spiro atoms. The normalized spacial score (nSPS) is 10.1. The molecule has 88 valence electrons. The summed E-state index contributed by atoms with van der Waals surface area (Å²) in [5.74, 6) is 0.708. The number of aromatic nitrogens is 2. The third-order valence-corrected chi connectivity index (χ3v) is 2.58. The Morgan fingerprint density at radius 2 is 1.94 bits per heavy atom. The number of nitrogens with zero attached hydrogens (tertiary/aromatic N) is 2. The van der Waals surface area contributed by atoms with Crippen LogP contribution in [0.2, 0.25) is 5.02 Å². The van der Waals surface area contributed by atoms with E-state index in [0.29, 0.717) is 22.5 Å². The van der Waals surface area contributed by atoms with Crippen LogP contribution in [0.25, 0.3) is 11.3 Å². The Labute approximate surface area is 104 Å². The summed E-state index contributed by atoms with van der Waals surface area (Å²) in [5.41, 5.74) is 1.53. The zero-order valence-corrected chi connectivity index (χ0v) is 10.2. The first-order valence-corrected chi connectivity index (χ1v) is 5.33. The van der Waals surface area contributed by atoms with E-state index in [1.165, 1.54) is 7.11 Å². The van der Waals surface area contributed by atoms with Crippen molar-refractivity contribution in [3.05, 3.63) is 35.5 Å². The molecule has 0 unspecified atom stereocenters. The van der Waals surface area contributed by atoms with Crippen LogP contribution < -0.4 is 9.47 Å². The van der Waals surface area contributed by atoms with Crippen molar-refractivity contribution in [2.24, 2.45) is 0 Å². The maximum Gasteiger partial charge on any atom is 0.316 e. The fourth-order valence-electron chi connectivity index (χ4n) is 1.42. The largest absolute Gasteiger partial charge is 0.497 e. The quantitative estimate of drug-likeness (QED) is 0.840. The molecule has 0 aliphatic rings. The van der Waals surface area contributed by atoms with Crippen LogP contribution in [-0.4, -0.2) is 24.2 Å². The molecule has 5 heteroatoms. The molecule has 0 radical (unpaired) electrons. The molecular weight excluding hydrogens is 240 g/mol. The SMILES string of the molecule is COc1ccc(-c2ccnc(OC)n2)c(Cl)c1. The predicted molar refractivity (Wildman–Crippen MR) is 65.6 cm³/mol. The monoisotopic (exact) mass is 250 g/mol. The standard InChI is InChI=1S/C12H11ClN2O2/c1-16-8-3-4-9(10(13)7-8)11-5-6-14-12(15-11)17-2/h3-7H,1-2H3. The number of hydrogen-bond acceptors (Lipinski definition) is 4. The molecule has 4 nitrogen and oxygen atoms in total. The van der Waals surface area contributed by atoms with Crippen LogP contribution in [0.4, 0.5) is 0 Å². The fraction of sp³-hybridized carbons (Fsp3) is 0.167. The van der Waals surface area contributed by atoms with E-state index in [-0.39, 0.29) is 0 Å².